The first-order valence-corrected chi connectivity index (χ1v) is 6.31. The molecule has 0 aliphatic heterocycles. The molecule has 2 atom stereocenters. The van der Waals surface area contributed by atoms with Gasteiger partial charge in [-0.25, -0.2) is 4.39 Å². The van der Waals surface area contributed by atoms with Crippen LogP contribution in [-0.2, 0) is 4.79 Å². The van der Waals surface area contributed by atoms with E-state index in [1.807, 2.05) is 22.6 Å². The van der Waals surface area contributed by atoms with E-state index in [-0.39, 0.29) is 11.7 Å². The highest BCUT2D eigenvalue weighted by molar-refractivity contribution is 14.1. The topological polar surface area (TPSA) is 43.1 Å². The Morgan fingerprint density at radius 3 is 2.56 bits per heavy atom. The van der Waals surface area contributed by atoms with Crippen LogP contribution in [0.4, 0.5) is 4.39 Å². The van der Waals surface area contributed by atoms with Crippen molar-refractivity contribution in [1.29, 1.82) is 0 Å². The Kier molecular flexibility index (Phi) is 3.09. The average Bonchev–Trinajstić information content (AvgIpc) is 2.74. The van der Waals surface area contributed by atoms with E-state index in [2.05, 4.69) is 0 Å². The molecule has 86 valence electrons. The van der Waals surface area contributed by atoms with E-state index >= 15 is 0 Å². The number of hydrogen-bond donors (Lipinski definition) is 1. The molecule has 2 rings (SSSR count). The predicted molar refractivity (Wildman–Crippen MR) is 69.0 cm³/mol. The second kappa shape index (κ2) is 3.99. The van der Waals surface area contributed by atoms with Gasteiger partial charge in [0.2, 0.25) is 5.91 Å². The lowest BCUT2D eigenvalue weighted by atomic mass is 10.1. The zero-order valence-corrected chi connectivity index (χ0v) is 11.6. The Hall–Kier alpha value is -0.0700. The summed E-state index contributed by atoms with van der Waals surface area (Å²) in [5.41, 5.74) is 5.92. The number of halogens is 4. The number of carbonyl (C=O) groups is 1. The van der Waals surface area contributed by atoms with E-state index < -0.39 is 16.2 Å². The number of nitrogens with two attached hydrogens (primary N) is 1. The summed E-state index contributed by atoms with van der Waals surface area (Å²) in [6.45, 7) is 0. The molecule has 1 saturated carbocycles. The smallest absolute Gasteiger partial charge is 0.224 e. The molecule has 1 aliphatic rings. The fourth-order valence-electron chi connectivity index (χ4n) is 1.80. The van der Waals surface area contributed by atoms with Crippen LogP contribution in [0.2, 0.25) is 0 Å². The highest BCUT2D eigenvalue weighted by Gasteiger charge is 2.67. The minimum absolute atomic E-state index is 0.310. The highest BCUT2D eigenvalue weighted by atomic mass is 127. The monoisotopic (exact) mass is 373 g/mol. The van der Waals surface area contributed by atoms with Crippen LogP contribution in [0.3, 0.4) is 0 Å². The summed E-state index contributed by atoms with van der Waals surface area (Å²) in [7, 11) is 0. The molecule has 0 aromatic heterocycles. The maximum Gasteiger partial charge on any atom is 0.224 e. The van der Waals surface area contributed by atoms with Crippen molar-refractivity contribution in [3.63, 3.8) is 0 Å². The molecule has 2 nitrogen and oxygen atoms in total. The van der Waals surface area contributed by atoms with Crippen LogP contribution in [0.15, 0.2) is 18.2 Å². The van der Waals surface area contributed by atoms with Crippen molar-refractivity contribution in [2.75, 3.05) is 0 Å². The Morgan fingerprint density at radius 1 is 1.50 bits per heavy atom. The second-order valence-corrected chi connectivity index (χ2v) is 6.31. The number of primary amides is 1. The lowest BCUT2D eigenvalue weighted by Gasteiger charge is -2.01. The summed E-state index contributed by atoms with van der Waals surface area (Å²) in [5, 5.41) is 0. The Labute approximate surface area is 115 Å². The van der Waals surface area contributed by atoms with Gasteiger partial charge in [-0.3, -0.25) is 4.79 Å². The largest absolute Gasteiger partial charge is 0.369 e. The molecule has 6 heteroatoms. The van der Waals surface area contributed by atoms with Gasteiger partial charge in [-0.15, -0.1) is 23.2 Å². The lowest BCUT2D eigenvalue weighted by molar-refractivity contribution is -0.119. The number of hydrogen-bond acceptors (Lipinski definition) is 1. The van der Waals surface area contributed by atoms with E-state index in [9.17, 15) is 9.18 Å². The van der Waals surface area contributed by atoms with Crippen LogP contribution >= 0.6 is 45.8 Å². The van der Waals surface area contributed by atoms with Crippen molar-refractivity contribution in [3.05, 3.63) is 33.1 Å². The minimum Gasteiger partial charge on any atom is -0.369 e. The molecule has 2 unspecified atom stereocenters. The Bertz CT molecular complexity index is 466. The van der Waals surface area contributed by atoms with Gasteiger partial charge in [-0.05, 0) is 40.3 Å². The first-order valence-electron chi connectivity index (χ1n) is 4.47. The van der Waals surface area contributed by atoms with Crippen LogP contribution in [0.5, 0.6) is 0 Å². The first kappa shape index (κ1) is 12.4. The second-order valence-electron chi connectivity index (χ2n) is 3.71. The summed E-state index contributed by atoms with van der Waals surface area (Å²) < 4.78 is 12.4. The maximum absolute atomic E-state index is 13.1. The molecule has 16 heavy (non-hydrogen) atoms. The summed E-state index contributed by atoms with van der Waals surface area (Å²) in [6.07, 6.45) is 0. The van der Waals surface area contributed by atoms with E-state index in [4.69, 9.17) is 28.9 Å². The number of benzene rings is 1. The normalized spacial score (nSPS) is 26.5. The molecule has 0 bridgehead atoms. The van der Waals surface area contributed by atoms with Crippen molar-refractivity contribution in [2.45, 2.75) is 10.3 Å². The van der Waals surface area contributed by atoms with Crippen molar-refractivity contribution < 1.29 is 9.18 Å². The van der Waals surface area contributed by atoms with Gasteiger partial charge in [0.15, 0.2) is 0 Å². The van der Waals surface area contributed by atoms with Crippen molar-refractivity contribution in [3.8, 4) is 0 Å². The summed E-state index contributed by atoms with van der Waals surface area (Å²) in [4.78, 5) is 11.1. The van der Waals surface area contributed by atoms with E-state index in [1.54, 1.807) is 12.1 Å². The predicted octanol–water partition coefficient (Wildman–Crippen LogP) is 2.80. The van der Waals surface area contributed by atoms with Gasteiger partial charge in [0, 0.05) is 9.49 Å². The van der Waals surface area contributed by atoms with Crippen LogP contribution in [0.25, 0.3) is 0 Å². The zero-order chi connectivity index (χ0) is 12.1. The van der Waals surface area contributed by atoms with Gasteiger partial charge < -0.3 is 5.73 Å². The highest BCUT2D eigenvalue weighted by Crippen LogP contribution is 2.64. The third-order valence-corrected chi connectivity index (χ3v) is 4.43. The molecule has 2 N–H and O–H groups in total. The quantitative estimate of drug-likeness (QED) is 0.628. The van der Waals surface area contributed by atoms with E-state index in [0.717, 1.165) is 5.56 Å². The SMILES string of the molecule is NC(=O)C1C(c2ccc(F)c(I)c2)C1(Cl)Cl. The van der Waals surface area contributed by atoms with Crippen LogP contribution in [0, 0.1) is 15.3 Å². The van der Waals surface area contributed by atoms with Gasteiger partial charge >= 0.3 is 0 Å². The first-order chi connectivity index (χ1) is 7.35. The average molecular weight is 374 g/mol. The van der Waals surface area contributed by atoms with Gasteiger partial charge in [-0.2, -0.15) is 0 Å². The lowest BCUT2D eigenvalue weighted by Crippen LogP contribution is -2.16. The fourth-order valence-corrected chi connectivity index (χ4v) is 3.19. The molecule has 1 fully saturated rings. The van der Waals surface area contributed by atoms with E-state index in [1.165, 1.54) is 6.07 Å². The van der Waals surface area contributed by atoms with Gasteiger partial charge in [0.1, 0.15) is 10.2 Å². The molecular formula is C10H7Cl2FINO. The van der Waals surface area contributed by atoms with Crippen LogP contribution in [0.1, 0.15) is 11.5 Å². The van der Waals surface area contributed by atoms with Gasteiger partial charge in [0.05, 0.1) is 5.92 Å². The Balaban J connectivity index is 2.33. The molecule has 1 amide bonds. The summed E-state index contributed by atoms with van der Waals surface area (Å²) in [6, 6.07) is 4.53. The Morgan fingerprint density at radius 2 is 2.12 bits per heavy atom. The molecule has 0 heterocycles. The molecule has 0 spiro atoms. The molecule has 0 saturated heterocycles. The van der Waals surface area contributed by atoms with Crippen molar-refractivity contribution >= 4 is 51.7 Å². The van der Waals surface area contributed by atoms with Crippen LogP contribution in [-0.4, -0.2) is 10.2 Å². The number of carbonyl (C=O) groups excluding carboxylic acids is 1. The van der Waals surface area contributed by atoms with Gasteiger partial charge in [-0.1, -0.05) is 6.07 Å². The third-order valence-electron chi connectivity index (χ3n) is 2.66. The minimum atomic E-state index is -1.16. The molecule has 1 aromatic carbocycles. The van der Waals surface area contributed by atoms with Crippen LogP contribution < -0.4 is 5.73 Å². The maximum atomic E-state index is 13.1. The van der Waals surface area contributed by atoms with Crippen molar-refractivity contribution in [1.82, 2.24) is 0 Å². The fraction of sp³-hybridized carbons (Fsp3) is 0.300. The molecule has 0 radical (unpaired) electrons. The third kappa shape index (κ3) is 1.91. The molecule has 1 aromatic rings. The summed E-state index contributed by atoms with van der Waals surface area (Å²) in [5.74, 6) is -1.79. The standard InChI is InChI=1S/C10H7Cl2FINO/c11-10(12)7(8(10)9(15)16)4-1-2-5(13)6(14)3-4/h1-3,7-8H,(H2,15,16). The number of alkyl halides is 2. The zero-order valence-electron chi connectivity index (χ0n) is 7.88. The van der Waals surface area contributed by atoms with E-state index in [0.29, 0.717) is 3.57 Å². The van der Waals surface area contributed by atoms with Gasteiger partial charge in [0.25, 0.3) is 0 Å². The van der Waals surface area contributed by atoms with Crippen molar-refractivity contribution in [2.24, 2.45) is 11.7 Å². The number of rotatable bonds is 2. The number of amides is 1. The molecule has 1 aliphatic carbocycles. The molecular weight excluding hydrogens is 367 g/mol. The summed E-state index contributed by atoms with van der Waals surface area (Å²) >= 11 is 13.8.